The fourth-order valence-corrected chi connectivity index (χ4v) is 3.01. The van der Waals surface area contributed by atoms with E-state index in [-0.39, 0.29) is 25.7 Å². The molecule has 1 amide bonds. The maximum atomic E-state index is 12.8. The lowest BCUT2D eigenvalue weighted by Crippen LogP contribution is -2.35. The Balaban J connectivity index is 2.38. The van der Waals surface area contributed by atoms with Gasteiger partial charge in [0.25, 0.3) is 5.91 Å². The number of hydrogen-bond donors (Lipinski definition) is 2. The van der Waals surface area contributed by atoms with Gasteiger partial charge in [0, 0.05) is 36.8 Å². The highest BCUT2D eigenvalue weighted by molar-refractivity contribution is 5.96. The second kappa shape index (κ2) is 8.13. The second-order valence-corrected chi connectivity index (χ2v) is 6.05. The normalized spacial score (nSPS) is 10.9. The van der Waals surface area contributed by atoms with Crippen LogP contribution >= 0.6 is 0 Å². The Labute approximate surface area is 143 Å². The molecular weight excluding hydrogens is 304 g/mol. The molecule has 2 aromatic rings. The third-order valence-corrected chi connectivity index (χ3v) is 4.16. The average Bonchev–Trinajstić information content (AvgIpc) is 2.85. The highest BCUT2D eigenvalue weighted by Crippen LogP contribution is 2.22. The lowest BCUT2D eigenvalue weighted by Gasteiger charge is -2.21. The molecule has 1 heterocycles. The lowest BCUT2D eigenvalue weighted by molar-refractivity contribution is 0.0709. The van der Waals surface area contributed by atoms with Gasteiger partial charge in [-0.1, -0.05) is 12.1 Å². The maximum absolute atomic E-state index is 12.8. The number of rotatable bonds is 7. The van der Waals surface area contributed by atoms with Crippen molar-refractivity contribution in [1.29, 1.82) is 0 Å². The van der Waals surface area contributed by atoms with Gasteiger partial charge in [-0.15, -0.1) is 0 Å². The number of carbonyl (C=O) groups is 1. The lowest BCUT2D eigenvalue weighted by atomic mass is 10.2. The molecule has 0 saturated carbocycles. The van der Waals surface area contributed by atoms with E-state index in [2.05, 4.69) is 10.6 Å². The van der Waals surface area contributed by atoms with Crippen molar-refractivity contribution in [2.24, 2.45) is 0 Å². The van der Waals surface area contributed by atoms with Crippen molar-refractivity contribution in [3.8, 4) is 5.69 Å². The summed E-state index contributed by atoms with van der Waals surface area (Å²) in [5.41, 5.74) is 4.72. The molecule has 0 radical (unpaired) electrons. The Morgan fingerprint density at radius 1 is 1.08 bits per heavy atom. The van der Waals surface area contributed by atoms with Gasteiger partial charge in [0.1, 0.15) is 0 Å². The molecule has 1 aromatic heterocycles. The predicted molar refractivity (Wildman–Crippen MR) is 94.7 cm³/mol. The molecule has 0 saturated heterocycles. The van der Waals surface area contributed by atoms with Gasteiger partial charge in [0.05, 0.1) is 12.2 Å². The molecule has 5 nitrogen and oxygen atoms in total. The number of aromatic nitrogens is 1. The van der Waals surface area contributed by atoms with Gasteiger partial charge in [0.15, 0.2) is 0 Å². The summed E-state index contributed by atoms with van der Waals surface area (Å²) in [6.45, 7) is 6.60. The van der Waals surface area contributed by atoms with Crippen LogP contribution in [0.3, 0.4) is 0 Å². The summed E-state index contributed by atoms with van der Waals surface area (Å²) < 4.78 is 2.07. The van der Waals surface area contributed by atoms with Crippen LogP contribution in [-0.4, -0.2) is 51.9 Å². The van der Waals surface area contributed by atoms with E-state index in [0.717, 1.165) is 22.6 Å². The molecule has 0 atom stereocenters. The first-order valence-electron chi connectivity index (χ1n) is 8.26. The Morgan fingerprint density at radius 2 is 1.83 bits per heavy atom. The fraction of sp³-hybridized carbons (Fsp3) is 0.421. The number of aryl methyl sites for hydroxylation is 2. The summed E-state index contributed by atoms with van der Waals surface area (Å²) in [7, 11) is 0. The molecular formula is C19H26N2O3. The van der Waals surface area contributed by atoms with Gasteiger partial charge in [-0.05, 0) is 51.0 Å². The first-order chi connectivity index (χ1) is 11.5. The SMILES string of the molecule is Cc1cccc(-n2c(C)cc(C(=O)N(CCO)CCCO)c2C)c1. The van der Waals surface area contributed by atoms with Gasteiger partial charge in [-0.25, -0.2) is 0 Å². The second-order valence-electron chi connectivity index (χ2n) is 6.05. The van der Waals surface area contributed by atoms with E-state index in [9.17, 15) is 9.90 Å². The molecule has 0 unspecified atom stereocenters. The average molecular weight is 330 g/mol. The molecule has 0 bridgehead atoms. The van der Waals surface area contributed by atoms with Gasteiger partial charge < -0.3 is 19.7 Å². The summed E-state index contributed by atoms with van der Waals surface area (Å²) in [6, 6.07) is 10.1. The number of benzene rings is 1. The third-order valence-electron chi connectivity index (χ3n) is 4.16. The van der Waals surface area contributed by atoms with Gasteiger partial charge in [0.2, 0.25) is 0 Å². The highest BCUT2D eigenvalue weighted by Gasteiger charge is 2.21. The number of aliphatic hydroxyl groups is 2. The van der Waals surface area contributed by atoms with Crippen molar-refractivity contribution in [2.45, 2.75) is 27.2 Å². The molecule has 0 aliphatic carbocycles. The Morgan fingerprint density at radius 3 is 2.46 bits per heavy atom. The van der Waals surface area contributed by atoms with Crippen molar-refractivity contribution in [2.75, 3.05) is 26.3 Å². The summed E-state index contributed by atoms with van der Waals surface area (Å²) in [6.07, 6.45) is 0.502. The largest absolute Gasteiger partial charge is 0.396 e. The number of carbonyl (C=O) groups excluding carboxylic acids is 1. The van der Waals surface area contributed by atoms with Crippen LogP contribution in [0, 0.1) is 20.8 Å². The van der Waals surface area contributed by atoms with Crippen LogP contribution < -0.4 is 0 Å². The van der Waals surface area contributed by atoms with Crippen LogP contribution in [0.15, 0.2) is 30.3 Å². The minimum Gasteiger partial charge on any atom is -0.396 e. The number of amides is 1. The summed E-state index contributed by atoms with van der Waals surface area (Å²) in [5, 5.41) is 18.2. The first kappa shape index (κ1) is 18.2. The van der Waals surface area contributed by atoms with E-state index in [1.54, 1.807) is 4.90 Å². The quantitative estimate of drug-likeness (QED) is 0.818. The first-order valence-corrected chi connectivity index (χ1v) is 8.26. The van der Waals surface area contributed by atoms with Crippen molar-refractivity contribution in [3.05, 3.63) is 52.8 Å². The minimum atomic E-state index is -0.107. The van der Waals surface area contributed by atoms with Crippen LogP contribution in [0.2, 0.25) is 0 Å². The standard InChI is InChI=1S/C19H26N2O3/c1-14-6-4-7-17(12-14)21-15(2)13-18(16(21)3)19(24)20(9-11-23)8-5-10-22/h4,6-7,12-13,22-23H,5,8-11H2,1-3H3. The van der Waals surface area contributed by atoms with E-state index in [1.807, 2.05) is 45.0 Å². The maximum Gasteiger partial charge on any atom is 0.255 e. The molecule has 0 spiro atoms. The van der Waals surface area contributed by atoms with Crippen LogP contribution in [0.25, 0.3) is 5.69 Å². The fourth-order valence-electron chi connectivity index (χ4n) is 3.01. The highest BCUT2D eigenvalue weighted by atomic mass is 16.3. The third kappa shape index (κ3) is 3.86. The molecule has 0 fully saturated rings. The van der Waals surface area contributed by atoms with E-state index in [0.29, 0.717) is 18.5 Å². The van der Waals surface area contributed by atoms with Gasteiger partial charge in [-0.2, -0.15) is 0 Å². The Bertz CT molecular complexity index is 707. The van der Waals surface area contributed by atoms with E-state index < -0.39 is 0 Å². The van der Waals surface area contributed by atoms with Crippen LogP contribution in [0.5, 0.6) is 0 Å². The Kier molecular flexibility index (Phi) is 6.17. The molecule has 1 aromatic carbocycles. The zero-order chi connectivity index (χ0) is 17.7. The summed E-state index contributed by atoms with van der Waals surface area (Å²) in [5.74, 6) is -0.107. The van der Waals surface area contributed by atoms with Crippen molar-refractivity contribution in [3.63, 3.8) is 0 Å². The zero-order valence-electron chi connectivity index (χ0n) is 14.6. The molecule has 5 heteroatoms. The minimum absolute atomic E-state index is 0.0253. The van der Waals surface area contributed by atoms with Crippen molar-refractivity contribution >= 4 is 5.91 Å². The van der Waals surface area contributed by atoms with E-state index in [1.165, 1.54) is 0 Å². The van der Waals surface area contributed by atoms with Gasteiger partial charge in [-0.3, -0.25) is 4.79 Å². The molecule has 24 heavy (non-hydrogen) atoms. The van der Waals surface area contributed by atoms with E-state index >= 15 is 0 Å². The number of nitrogens with zero attached hydrogens (tertiary/aromatic N) is 2. The van der Waals surface area contributed by atoms with Crippen LogP contribution in [-0.2, 0) is 0 Å². The smallest absolute Gasteiger partial charge is 0.255 e. The monoisotopic (exact) mass is 330 g/mol. The molecule has 130 valence electrons. The molecule has 2 rings (SSSR count). The number of hydrogen-bond acceptors (Lipinski definition) is 3. The van der Waals surface area contributed by atoms with Crippen molar-refractivity contribution in [1.82, 2.24) is 9.47 Å². The topological polar surface area (TPSA) is 65.7 Å². The van der Waals surface area contributed by atoms with E-state index in [4.69, 9.17) is 5.11 Å². The summed E-state index contributed by atoms with van der Waals surface area (Å²) >= 11 is 0. The zero-order valence-corrected chi connectivity index (χ0v) is 14.6. The predicted octanol–water partition coefficient (Wildman–Crippen LogP) is 2.22. The molecule has 0 aliphatic rings. The number of aliphatic hydroxyl groups excluding tert-OH is 2. The molecule has 0 aliphatic heterocycles. The van der Waals surface area contributed by atoms with Crippen LogP contribution in [0.1, 0.15) is 33.7 Å². The van der Waals surface area contributed by atoms with Crippen molar-refractivity contribution < 1.29 is 15.0 Å². The molecule has 2 N–H and O–H groups in total. The summed E-state index contributed by atoms with van der Waals surface area (Å²) in [4.78, 5) is 14.4. The van der Waals surface area contributed by atoms with Gasteiger partial charge >= 0.3 is 0 Å². The Hall–Kier alpha value is -2.11. The van der Waals surface area contributed by atoms with Crippen LogP contribution in [0.4, 0.5) is 0 Å².